The van der Waals surface area contributed by atoms with Gasteiger partial charge in [0.15, 0.2) is 6.61 Å². The van der Waals surface area contributed by atoms with Crippen molar-refractivity contribution in [3.63, 3.8) is 0 Å². The third kappa shape index (κ3) is 3.52. The molecule has 0 aliphatic carbocycles. The third-order valence-corrected chi connectivity index (χ3v) is 3.21. The monoisotopic (exact) mass is 301 g/mol. The molecule has 0 saturated heterocycles. The van der Waals surface area contributed by atoms with Gasteiger partial charge >= 0.3 is 5.97 Å². The number of anilines is 1. The predicted molar refractivity (Wildman–Crippen MR) is 83.0 cm³/mol. The van der Waals surface area contributed by atoms with Gasteiger partial charge in [-0.05, 0) is 38.5 Å². The zero-order valence-corrected chi connectivity index (χ0v) is 13.1. The van der Waals surface area contributed by atoms with Gasteiger partial charge in [0.25, 0.3) is 5.91 Å². The first-order valence-electron chi connectivity index (χ1n) is 6.95. The second kappa shape index (κ2) is 6.43. The number of hydrogen-bond donors (Lipinski definition) is 1. The molecule has 0 bridgehead atoms. The predicted octanol–water partition coefficient (Wildman–Crippen LogP) is 2.30. The van der Waals surface area contributed by atoms with Gasteiger partial charge in [0.1, 0.15) is 0 Å². The molecule has 2 aromatic rings. The summed E-state index contributed by atoms with van der Waals surface area (Å²) < 4.78 is 6.47. The lowest BCUT2D eigenvalue weighted by atomic mass is 10.2. The number of hydrogen-bond acceptors (Lipinski definition) is 4. The molecule has 22 heavy (non-hydrogen) atoms. The molecule has 1 aromatic heterocycles. The lowest BCUT2D eigenvalue weighted by Crippen LogP contribution is -2.20. The van der Waals surface area contributed by atoms with Crippen molar-refractivity contribution >= 4 is 17.6 Å². The van der Waals surface area contributed by atoms with E-state index in [1.54, 1.807) is 4.68 Å². The first-order valence-corrected chi connectivity index (χ1v) is 6.95. The second-order valence-electron chi connectivity index (χ2n) is 5.13. The zero-order valence-electron chi connectivity index (χ0n) is 13.1. The highest BCUT2D eigenvalue weighted by Crippen LogP contribution is 2.23. The highest BCUT2D eigenvalue weighted by atomic mass is 16.5. The van der Waals surface area contributed by atoms with Crippen LogP contribution in [0.1, 0.15) is 23.9 Å². The van der Waals surface area contributed by atoms with Crippen LogP contribution in [-0.4, -0.2) is 28.3 Å². The SMILES string of the molecule is CC(=O)OCC(=O)Nc1c(C)nn(-c2cccc(C)c2)c1C. The molecule has 0 saturated carbocycles. The van der Waals surface area contributed by atoms with Gasteiger partial charge in [0.2, 0.25) is 0 Å². The largest absolute Gasteiger partial charge is 0.456 e. The van der Waals surface area contributed by atoms with Crippen molar-refractivity contribution in [2.75, 3.05) is 11.9 Å². The molecule has 6 nitrogen and oxygen atoms in total. The van der Waals surface area contributed by atoms with Crippen LogP contribution in [0.4, 0.5) is 5.69 Å². The van der Waals surface area contributed by atoms with Crippen LogP contribution in [0.25, 0.3) is 5.69 Å². The van der Waals surface area contributed by atoms with E-state index >= 15 is 0 Å². The summed E-state index contributed by atoms with van der Waals surface area (Å²) in [4.78, 5) is 22.5. The van der Waals surface area contributed by atoms with Crippen LogP contribution in [0, 0.1) is 20.8 Å². The van der Waals surface area contributed by atoms with Gasteiger partial charge in [-0.25, -0.2) is 4.68 Å². The Bertz CT molecular complexity index is 719. The van der Waals surface area contributed by atoms with Crippen LogP contribution in [0.2, 0.25) is 0 Å². The van der Waals surface area contributed by atoms with Crippen LogP contribution < -0.4 is 5.32 Å². The molecule has 0 atom stereocenters. The Morgan fingerprint density at radius 1 is 1.27 bits per heavy atom. The Morgan fingerprint density at radius 3 is 2.64 bits per heavy atom. The molecule has 1 heterocycles. The number of aryl methyl sites for hydroxylation is 2. The Morgan fingerprint density at radius 2 is 2.00 bits per heavy atom. The number of nitrogens with one attached hydrogen (secondary N) is 1. The molecular weight excluding hydrogens is 282 g/mol. The summed E-state index contributed by atoms with van der Waals surface area (Å²) in [7, 11) is 0. The lowest BCUT2D eigenvalue weighted by molar-refractivity contribution is -0.144. The molecule has 0 radical (unpaired) electrons. The molecular formula is C16H19N3O3. The molecule has 1 N–H and O–H groups in total. The van der Waals surface area contributed by atoms with Gasteiger partial charge in [-0.15, -0.1) is 0 Å². The Balaban J connectivity index is 2.24. The Labute approximate surface area is 129 Å². The fraction of sp³-hybridized carbons (Fsp3) is 0.312. The van der Waals surface area contributed by atoms with E-state index in [1.165, 1.54) is 6.92 Å². The number of aromatic nitrogens is 2. The molecule has 1 amide bonds. The van der Waals surface area contributed by atoms with Crippen LogP contribution >= 0.6 is 0 Å². The van der Waals surface area contributed by atoms with Crippen molar-refractivity contribution in [3.05, 3.63) is 41.2 Å². The fourth-order valence-electron chi connectivity index (χ4n) is 2.18. The summed E-state index contributed by atoms with van der Waals surface area (Å²) in [6.07, 6.45) is 0. The summed E-state index contributed by atoms with van der Waals surface area (Å²) in [5, 5.41) is 7.20. The summed E-state index contributed by atoms with van der Waals surface area (Å²) in [5.74, 6) is -0.871. The minimum Gasteiger partial charge on any atom is -0.456 e. The molecule has 0 fully saturated rings. The number of amides is 1. The van der Waals surface area contributed by atoms with Gasteiger partial charge in [0.05, 0.1) is 22.8 Å². The smallest absolute Gasteiger partial charge is 0.303 e. The first-order chi connectivity index (χ1) is 10.4. The maximum atomic E-state index is 11.8. The lowest BCUT2D eigenvalue weighted by Gasteiger charge is -2.07. The molecule has 1 aromatic carbocycles. The van der Waals surface area contributed by atoms with E-state index in [0.29, 0.717) is 11.4 Å². The number of rotatable bonds is 4. The molecule has 0 aliphatic heterocycles. The summed E-state index contributed by atoms with van der Waals surface area (Å²) >= 11 is 0. The van der Waals surface area contributed by atoms with E-state index in [9.17, 15) is 9.59 Å². The van der Waals surface area contributed by atoms with Crippen molar-refractivity contribution in [3.8, 4) is 5.69 Å². The summed E-state index contributed by atoms with van der Waals surface area (Å²) in [6.45, 7) is 6.67. The van der Waals surface area contributed by atoms with Crippen LogP contribution in [0.3, 0.4) is 0 Å². The number of esters is 1. The molecule has 0 unspecified atom stereocenters. The number of carbonyl (C=O) groups is 2. The highest BCUT2D eigenvalue weighted by Gasteiger charge is 2.15. The molecule has 116 valence electrons. The van der Waals surface area contributed by atoms with E-state index in [2.05, 4.69) is 15.2 Å². The average Bonchev–Trinajstić information content (AvgIpc) is 2.73. The van der Waals surface area contributed by atoms with Crippen LogP contribution in [0.5, 0.6) is 0 Å². The minimum atomic E-state index is -0.487. The van der Waals surface area contributed by atoms with E-state index in [-0.39, 0.29) is 12.5 Å². The Kier molecular flexibility index (Phi) is 4.60. The normalized spacial score (nSPS) is 10.4. The van der Waals surface area contributed by atoms with Crippen molar-refractivity contribution in [2.24, 2.45) is 0 Å². The van der Waals surface area contributed by atoms with Gasteiger partial charge in [0, 0.05) is 6.92 Å². The topological polar surface area (TPSA) is 73.2 Å². The molecule has 0 spiro atoms. The van der Waals surface area contributed by atoms with Crippen molar-refractivity contribution in [1.82, 2.24) is 9.78 Å². The molecule has 2 rings (SSSR count). The number of benzene rings is 1. The minimum absolute atomic E-state index is 0.302. The van der Waals surface area contributed by atoms with Crippen molar-refractivity contribution < 1.29 is 14.3 Å². The summed E-state index contributed by atoms with van der Waals surface area (Å²) in [6, 6.07) is 7.94. The van der Waals surface area contributed by atoms with E-state index in [0.717, 1.165) is 16.9 Å². The van der Waals surface area contributed by atoms with E-state index in [4.69, 9.17) is 0 Å². The number of ether oxygens (including phenoxy) is 1. The van der Waals surface area contributed by atoms with E-state index in [1.807, 2.05) is 45.0 Å². The highest BCUT2D eigenvalue weighted by molar-refractivity contribution is 5.93. The zero-order chi connectivity index (χ0) is 16.3. The van der Waals surface area contributed by atoms with Gasteiger partial charge < -0.3 is 10.1 Å². The molecule has 0 aliphatic rings. The van der Waals surface area contributed by atoms with Crippen LogP contribution in [-0.2, 0) is 14.3 Å². The quantitative estimate of drug-likeness (QED) is 0.879. The first kappa shape index (κ1) is 15.8. The van der Waals surface area contributed by atoms with Crippen molar-refractivity contribution in [1.29, 1.82) is 0 Å². The van der Waals surface area contributed by atoms with E-state index < -0.39 is 5.97 Å². The fourth-order valence-corrected chi connectivity index (χ4v) is 2.18. The van der Waals surface area contributed by atoms with Crippen molar-refractivity contribution in [2.45, 2.75) is 27.7 Å². The maximum absolute atomic E-state index is 11.8. The van der Waals surface area contributed by atoms with Gasteiger partial charge in [-0.2, -0.15) is 5.10 Å². The van der Waals surface area contributed by atoms with Crippen LogP contribution in [0.15, 0.2) is 24.3 Å². The maximum Gasteiger partial charge on any atom is 0.303 e. The summed E-state index contributed by atoms with van der Waals surface area (Å²) in [5.41, 5.74) is 4.22. The van der Waals surface area contributed by atoms with Gasteiger partial charge in [-0.1, -0.05) is 12.1 Å². The standard InChI is InChI=1S/C16H19N3O3/c1-10-6-5-7-14(8-10)19-12(3)16(11(2)18-19)17-15(21)9-22-13(4)20/h5-8H,9H2,1-4H3,(H,17,21). The molecule has 6 heteroatoms. The second-order valence-corrected chi connectivity index (χ2v) is 5.13. The van der Waals surface area contributed by atoms with Gasteiger partial charge in [-0.3, -0.25) is 9.59 Å². The number of nitrogens with zero attached hydrogens (tertiary/aromatic N) is 2. The third-order valence-electron chi connectivity index (χ3n) is 3.21. The number of carbonyl (C=O) groups excluding carboxylic acids is 2. The average molecular weight is 301 g/mol. The Hall–Kier alpha value is -2.63.